The maximum absolute atomic E-state index is 11.7. The predicted molar refractivity (Wildman–Crippen MR) is 46.0 cm³/mol. The van der Waals surface area contributed by atoms with E-state index in [0.717, 1.165) is 0 Å². The minimum Gasteiger partial charge on any atom is -0.389 e. The second kappa shape index (κ2) is 5.53. The van der Waals surface area contributed by atoms with Gasteiger partial charge in [-0.2, -0.15) is 13.2 Å². The molecule has 0 aliphatic carbocycles. The smallest absolute Gasteiger partial charge is 0.389 e. The van der Waals surface area contributed by atoms with Crippen LogP contribution in [0.1, 0.15) is 13.3 Å². The lowest BCUT2D eigenvalue weighted by molar-refractivity contribution is -0.126. The summed E-state index contributed by atoms with van der Waals surface area (Å²) in [7, 11) is 1.47. The fourth-order valence-electron chi connectivity index (χ4n) is 0.884. The standard InChI is InChI=1S/C8H16F3NO2/c1-7(13,3-4-14-2)5-12-6-8(9,10)11/h12-13H,3-6H2,1-2H3. The molecule has 0 fully saturated rings. The van der Waals surface area contributed by atoms with Gasteiger partial charge in [0.1, 0.15) is 0 Å². The molecular weight excluding hydrogens is 199 g/mol. The van der Waals surface area contributed by atoms with E-state index >= 15 is 0 Å². The van der Waals surface area contributed by atoms with Crippen LogP contribution in [0.15, 0.2) is 0 Å². The van der Waals surface area contributed by atoms with Gasteiger partial charge in [0.15, 0.2) is 0 Å². The first-order valence-corrected chi connectivity index (χ1v) is 4.26. The highest BCUT2D eigenvalue weighted by molar-refractivity contribution is 4.75. The van der Waals surface area contributed by atoms with E-state index in [2.05, 4.69) is 5.32 Å². The second-order valence-corrected chi connectivity index (χ2v) is 3.46. The highest BCUT2D eigenvalue weighted by Gasteiger charge is 2.28. The molecule has 0 heterocycles. The van der Waals surface area contributed by atoms with Gasteiger partial charge >= 0.3 is 6.18 Å². The van der Waals surface area contributed by atoms with Crippen molar-refractivity contribution in [3.05, 3.63) is 0 Å². The highest BCUT2D eigenvalue weighted by atomic mass is 19.4. The minimum absolute atomic E-state index is 0.101. The summed E-state index contributed by atoms with van der Waals surface area (Å²) in [4.78, 5) is 0. The Morgan fingerprint density at radius 1 is 1.29 bits per heavy atom. The summed E-state index contributed by atoms with van der Waals surface area (Å²) in [6.07, 6.45) is -3.94. The molecule has 2 N–H and O–H groups in total. The summed E-state index contributed by atoms with van der Waals surface area (Å²) in [6.45, 7) is 0.599. The van der Waals surface area contributed by atoms with Gasteiger partial charge in [-0.05, 0) is 6.92 Å². The number of aliphatic hydroxyl groups is 1. The van der Waals surface area contributed by atoms with Gasteiger partial charge in [-0.25, -0.2) is 0 Å². The number of ether oxygens (including phenoxy) is 1. The number of hydrogen-bond acceptors (Lipinski definition) is 3. The third-order valence-corrected chi connectivity index (χ3v) is 1.68. The number of methoxy groups -OCH3 is 1. The van der Waals surface area contributed by atoms with Crippen LogP contribution >= 0.6 is 0 Å². The lowest BCUT2D eigenvalue weighted by Gasteiger charge is -2.23. The number of alkyl halides is 3. The molecule has 0 rings (SSSR count). The number of hydrogen-bond donors (Lipinski definition) is 2. The van der Waals surface area contributed by atoms with Crippen molar-refractivity contribution >= 4 is 0 Å². The van der Waals surface area contributed by atoms with Crippen molar-refractivity contribution in [2.75, 3.05) is 26.8 Å². The fourth-order valence-corrected chi connectivity index (χ4v) is 0.884. The summed E-state index contributed by atoms with van der Waals surface area (Å²) >= 11 is 0. The molecule has 86 valence electrons. The van der Waals surface area contributed by atoms with Crippen LogP contribution in [0.4, 0.5) is 13.2 Å². The molecule has 0 saturated heterocycles. The van der Waals surface area contributed by atoms with Crippen LogP contribution in [-0.2, 0) is 4.74 Å². The summed E-state index contributed by atoms with van der Waals surface area (Å²) in [5, 5.41) is 11.7. The van der Waals surface area contributed by atoms with E-state index in [0.29, 0.717) is 13.0 Å². The van der Waals surface area contributed by atoms with Crippen molar-refractivity contribution in [2.45, 2.75) is 25.1 Å². The molecule has 6 heteroatoms. The van der Waals surface area contributed by atoms with Crippen LogP contribution in [0.2, 0.25) is 0 Å². The molecule has 14 heavy (non-hydrogen) atoms. The van der Waals surface area contributed by atoms with Crippen molar-refractivity contribution < 1.29 is 23.0 Å². The maximum Gasteiger partial charge on any atom is 0.401 e. The lowest BCUT2D eigenvalue weighted by atomic mass is 10.0. The van der Waals surface area contributed by atoms with Crippen molar-refractivity contribution in [3.8, 4) is 0 Å². The molecule has 1 unspecified atom stereocenters. The summed E-state index contributed by atoms with van der Waals surface area (Å²) in [6, 6.07) is 0. The topological polar surface area (TPSA) is 41.5 Å². The van der Waals surface area contributed by atoms with Gasteiger partial charge in [-0.1, -0.05) is 0 Å². The van der Waals surface area contributed by atoms with Crippen LogP contribution in [-0.4, -0.2) is 43.7 Å². The number of nitrogens with one attached hydrogen (secondary N) is 1. The molecular formula is C8H16F3NO2. The third kappa shape index (κ3) is 8.28. The summed E-state index contributed by atoms with van der Waals surface area (Å²) in [5.41, 5.74) is -1.17. The van der Waals surface area contributed by atoms with Gasteiger partial charge in [0.25, 0.3) is 0 Å². The molecule has 1 atom stereocenters. The summed E-state index contributed by atoms with van der Waals surface area (Å²) < 4.78 is 39.9. The van der Waals surface area contributed by atoms with Gasteiger partial charge < -0.3 is 15.2 Å². The first-order chi connectivity index (χ1) is 6.27. The van der Waals surface area contributed by atoms with Crippen LogP contribution in [0.5, 0.6) is 0 Å². The molecule has 0 aliphatic heterocycles. The van der Waals surface area contributed by atoms with Crippen molar-refractivity contribution in [2.24, 2.45) is 0 Å². The van der Waals surface area contributed by atoms with E-state index in [1.807, 2.05) is 0 Å². The van der Waals surface area contributed by atoms with Gasteiger partial charge in [0, 0.05) is 26.7 Å². The quantitative estimate of drug-likeness (QED) is 0.692. The zero-order valence-electron chi connectivity index (χ0n) is 8.32. The normalized spacial score (nSPS) is 16.7. The third-order valence-electron chi connectivity index (χ3n) is 1.68. The lowest BCUT2D eigenvalue weighted by Crippen LogP contribution is -2.42. The Bertz CT molecular complexity index is 159. The zero-order chi connectivity index (χ0) is 11.2. The van der Waals surface area contributed by atoms with E-state index in [4.69, 9.17) is 4.74 Å². The van der Waals surface area contributed by atoms with Gasteiger partial charge in [-0.3, -0.25) is 0 Å². The SMILES string of the molecule is COCCC(C)(O)CNCC(F)(F)F. The largest absolute Gasteiger partial charge is 0.401 e. The van der Waals surface area contributed by atoms with E-state index in [1.54, 1.807) is 0 Å². The Kier molecular flexibility index (Phi) is 5.40. The Hall–Kier alpha value is -0.330. The van der Waals surface area contributed by atoms with Gasteiger partial charge in [0.2, 0.25) is 0 Å². The van der Waals surface area contributed by atoms with Gasteiger partial charge in [0.05, 0.1) is 12.1 Å². The van der Waals surface area contributed by atoms with Gasteiger partial charge in [-0.15, -0.1) is 0 Å². The molecule has 0 aromatic carbocycles. The average Bonchev–Trinajstić information content (AvgIpc) is 1.98. The monoisotopic (exact) mass is 215 g/mol. The van der Waals surface area contributed by atoms with E-state index in [1.165, 1.54) is 14.0 Å². The van der Waals surface area contributed by atoms with Crippen molar-refractivity contribution in [1.82, 2.24) is 5.32 Å². The molecule has 0 radical (unpaired) electrons. The predicted octanol–water partition coefficient (Wildman–Crippen LogP) is 0.926. The van der Waals surface area contributed by atoms with Crippen LogP contribution in [0.3, 0.4) is 0 Å². The number of rotatable bonds is 6. The molecule has 0 aromatic rings. The molecule has 3 nitrogen and oxygen atoms in total. The Labute approximate surface area is 81.2 Å². The molecule has 0 spiro atoms. The fraction of sp³-hybridized carbons (Fsp3) is 1.00. The van der Waals surface area contributed by atoms with E-state index < -0.39 is 18.3 Å². The molecule has 0 bridgehead atoms. The molecule has 0 aromatic heterocycles. The molecule has 0 amide bonds. The van der Waals surface area contributed by atoms with Crippen LogP contribution < -0.4 is 5.32 Å². The van der Waals surface area contributed by atoms with Crippen molar-refractivity contribution in [3.63, 3.8) is 0 Å². The van der Waals surface area contributed by atoms with Crippen molar-refractivity contribution in [1.29, 1.82) is 0 Å². The summed E-state index contributed by atoms with van der Waals surface area (Å²) in [5.74, 6) is 0. The van der Waals surface area contributed by atoms with Crippen LogP contribution in [0.25, 0.3) is 0 Å². The maximum atomic E-state index is 11.7. The highest BCUT2D eigenvalue weighted by Crippen LogP contribution is 2.13. The second-order valence-electron chi connectivity index (χ2n) is 3.46. The van der Waals surface area contributed by atoms with E-state index in [-0.39, 0.29) is 6.54 Å². The Morgan fingerprint density at radius 2 is 1.86 bits per heavy atom. The first kappa shape index (κ1) is 13.7. The van der Waals surface area contributed by atoms with Crippen LogP contribution in [0, 0.1) is 0 Å². The average molecular weight is 215 g/mol. The minimum atomic E-state index is -4.24. The molecule has 0 aliphatic rings. The first-order valence-electron chi connectivity index (χ1n) is 4.26. The Balaban J connectivity index is 3.65. The molecule has 0 saturated carbocycles. The zero-order valence-corrected chi connectivity index (χ0v) is 8.32. The van der Waals surface area contributed by atoms with E-state index in [9.17, 15) is 18.3 Å². The Morgan fingerprint density at radius 3 is 2.29 bits per heavy atom. The number of halogens is 3.